The number of rotatable bonds is 1. The van der Waals surface area contributed by atoms with Crippen molar-refractivity contribution in [1.82, 2.24) is 14.7 Å². The van der Waals surface area contributed by atoms with Crippen molar-refractivity contribution < 1.29 is 9.53 Å². The van der Waals surface area contributed by atoms with E-state index in [0.717, 1.165) is 19.6 Å². The number of hydrogen-bond acceptors (Lipinski definition) is 3. The van der Waals surface area contributed by atoms with Crippen LogP contribution in [0, 0.1) is 5.92 Å². The summed E-state index contributed by atoms with van der Waals surface area (Å²) >= 11 is 0. The minimum absolute atomic E-state index is 0.241. The van der Waals surface area contributed by atoms with E-state index in [9.17, 15) is 4.79 Å². The lowest BCUT2D eigenvalue weighted by atomic mass is 9.75. The molecule has 5 aliphatic heterocycles. The first kappa shape index (κ1) is 15.6. The Kier molecular flexibility index (Phi) is 3.94. The van der Waals surface area contributed by atoms with Crippen molar-refractivity contribution in [2.75, 3.05) is 45.9 Å². The fourth-order valence-electron chi connectivity index (χ4n) is 5.57. The summed E-state index contributed by atoms with van der Waals surface area (Å²) in [4.78, 5) is 20.2. The normalized spacial score (nSPS) is 37.2. The standard InChI is InChI=1S/C20H27N3O2/c24-20(22-10-12-25-13-11-22)23-14-17(15-4-2-1-3-5-15)19-18(23)16-6-8-21(19)9-7-16/h1-5,16-19H,6-14H2/t17-,18+,19+/m1/s1. The highest BCUT2D eigenvalue weighted by Gasteiger charge is 2.55. The van der Waals surface area contributed by atoms with Crippen molar-refractivity contribution in [3.05, 3.63) is 35.9 Å². The zero-order valence-corrected chi connectivity index (χ0v) is 14.7. The van der Waals surface area contributed by atoms with E-state index in [0.29, 0.717) is 37.1 Å². The minimum Gasteiger partial charge on any atom is -0.378 e. The summed E-state index contributed by atoms with van der Waals surface area (Å²) in [6.07, 6.45) is 2.49. The maximum absolute atomic E-state index is 13.3. The van der Waals surface area contributed by atoms with Crippen LogP contribution >= 0.6 is 0 Å². The first-order valence-corrected chi connectivity index (χ1v) is 9.75. The lowest BCUT2D eigenvalue weighted by molar-refractivity contribution is -0.00721. The van der Waals surface area contributed by atoms with Crippen LogP contribution in [0.3, 0.4) is 0 Å². The summed E-state index contributed by atoms with van der Waals surface area (Å²) < 4.78 is 5.44. The molecule has 2 bridgehead atoms. The molecule has 0 unspecified atom stereocenters. The molecule has 5 nitrogen and oxygen atoms in total. The number of carbonyl (C=O) groups is 1. The molecular weight excluding hydrogens is 314 g/mol. The van der Waals surface area contributed by atoms with Gasteiger partial charge >= 0.3 is 6.03 Å². The number of fused-ring (bicyclic) bond motifs is 2. The zero-order chi connectivity index (χ0) is 16.8. The smallest absolute Gasteiger partial charge is 0.320 e. The maximum atomic E-state index is 13.3. The fourth-order valence-corrected chi connectivity index (χ4v) is 5.57. The first-order chi connectivity index (χ1) is 12.3. The van der Waals surface area contributed by atoms with Crippen LogP contribution in [0.1, 0.15) is 24.3 Å². The molecule has 1 aromatic rings. The largest absolute Gasteiger partial charge is 0.378 e. The van der Waals surface area contributed by atoms with Gasteiger partial charge in [0.25, 0.3) is 0 Å². The molecule has 5 heterocycles. The van der Waals surface area contributed by atoms with E-state index >= 15 is 0 Å². The molecule has 0 N–H and O–H groups in total. The third kappa shape index (κ3) is 2.56. The number of hydrogen-bond donors (Lipinski definition) is 0. The van der Waals surface area contributed by atoms with Crippen LogP contribution in [0.15, 0.2) is 30.3 Å². The summed E-state index contributed by atoms with van der Waals surface area (Å²) in [6, 6.07) is 12.0. The Bertz CT molecular complexity index is 623. The number of ether oxygens (including phenoxy) is 1. The van der Waals surface area contributed by atoms with Gasteiger partial charge in [-0.25, -0.2) is 4.79 Å². The second-order valence-electron chi connectivity index (χ2n) is 7.91. The molecule has 25 heavy (non-hydrogen) atoms. The van der Waals surface area contributed by atoms with E-state index in [1.807, 2.05) is 4.90 Å². The number of carbonyl (C=O) groups excluding carboxylic acids is 1. The molecule has 5 saturated heterocycles. The average Bonchev–Trinajstić information content (AvgIpc) is 3.12. The van der Waals surface area contributed by atoms with E-state index in [1.165, 1.54) is 31.5 Å². The summed E-state index contributed by atoms with van der Waals surface area (Å²) in [6.45, 7) is 6.08. The second-order valence-corrected chi connectivity index (χ2v) is 7.91. The second kappa shape index (κ2) is 6.29. The zero-order valence-electron chi connectivity index (χ0n) is 14.7. The molecule has 0 saturated carbocycles. The molecule has 0 spiro atoms. The highest BCUT2D eigenvalue weighted by Crippen LogP contribution is 2.46. The molecule has 0 radical (unpaired) electrons. The van der Waals surface area contributed by atoms with E-state index in [-0.39, 0.29) is 6.03 Å². The maximum Gasteiger partial charge on any atom is 0.320 e. The van der Waals surface area contributed by atoms with Crippen LogP contribution in [0.4, 0.5) is 4.79 Å². The summed E-state index contributed by atoms with van der Waals surface area (Å²) in [5, 5.41) is 0. The molecule has 5 heteroatoms. The Morgan fingerprint density at radius 2 is 1.68 bits per heavy atom. The van der Waals surface area contributed by atoms with Gasteiger partial charge in [-0.15, -0.1) is 0 Å². The molecule has 1 aromatic carbocycles. The van der Waals surface area contributed by atoms with Crippen molar-refractivity contribution >= 4 is 6.03 Å². The van der Waals surface area contributed by atoms with Crippen molar-refractivity contribution in [2.45, 2.75) is 30.8 Å². The number of urea groups is 1. The van der Waals surface area contributed by atoms with E-state index < -0.39 is 0 Å². The van der Waals surface area contributed by atoms with Gasteiger partial charge in [-0.05, 0) is 37.4 Å². The first-order valence-electron chi connectivity index (χ1n) is 9.75. The van der Waals surface area contributed by atoms with Crippen molar-refractivity contribution in [1.29, 1.82) is 0 Å². The van der Waals surface area contributed by atoms with Gasteiger partial charge < -0.3 is 14.5 Å². The Morgan fingerprint density at radius 1 is 0.960 bits per heavy atom. The molecule has 134 valence electrons. The molecule has 2 amide bonds. The number of amides is 2. The van der Waals surface area contributed by atoms with E-state index in [1.54, 1.807) is 0 Å². The van der Waals surface area contributed by atoms with Gasteiger partial charge in [0.2, 0.25) is 0 Å². The van der Waals surface area contributed by atoms with Crippen molar-refractivity contribution in [3.8, 4) is 0 Å². The van der Waals surface area contributed by atoms with Crippen LogP contribution in [0.2, 0.25) is 0 Å². The van der Waals surface area contributed by atoms with Gasteiger partial charge in [0.05, 0.1) is 19.3 Å². The lowest BCUT2D eigenvalue weighted by Crippen LogP contribution is -2.62. The van der Waals surface area contributed by atoms with Gasteiger partial charge in [-0.2, -0.15) is 0 Å². The van der Waals surface area contributed by atoms with Crippen molar-refractivity contribution in [2.24, 2.45) is 5.92 Å². The highest BCUT2D eigenvalue weighted by atomic mass is 16.5. The van der Waals surface area contributed by atoms with E-state index in [4.69, 9.17) is 4.74 Å². The van der Waals surface area contributed by atoms with Gasteiger partial charge in [0.15, 0.2) is 0 Å². The molecule has 3 atom stereocenters. The molecular formula is C20H27N3O2. The number of morpholine rings is 1. The van der Waals surface area contributed by atoms with Crippen LogP contribution in [-0.2, 0) is 4.74 Å². The Hall–Kier alpha value is -1.59. The Balaban J connectivity index is 1.46. The lowest BCUT2D eigenvalue weighted by Gasteiger charge is -2.51. The number of piperidine rings is 3. The summed E-state index contributed by atoms with van der Waals surface area (Å²) in [7, 11) is 0. The molecule has 5 fully saturated rings. The average molecular weight is 341 g/mol. The van der Waals surface area contributed by atoms with E-state index in [2.05, 4.69) is 40.1 Å². The van der Waals surface area contributed by atoms with Gasteiger partial charge in [-0.1, -0.05) is 30.3 Å². The van der Waals surface area contributed by atoms with Gasteiger partial charge in [-0.3, -0.25) is 4.90 Å². The molecule has 6 rings (SSSR count). The van der Waals surface area contributed by atoms with Crippen molar-refractivity contribution in [3.63, 3.8) is 0 Å². The highest BCUT2D eigenvalue weighted by molar-refractivity contribution is 5.76. The third-order valence-corrected chi connectivity index (χ3v) is 6.75. The van der Waals surface area contributed by atoms with Gasteiger partial charge in [0, 0.05) is 31.6 Å². The fraction of sp³-hybridized carbons (Fsp3) is 0.650. The van der Waals surface area contributed by atoms with Crippen LogP contribution in [-0.4, -0.2) is 78.8 Å². The van der Waals surface area contributed by atoms with Gasteiger partial charge in [0.1, 0.15) is 0 Å². The van der Waals surface area contributed by atoms with Crippen LogP contribution in [0.25, 0.3) is 0 Å². The number of likely N-dealkylation sites (tertiary alicyclic amines) is 1. The molecule has 0 aromatic heterocycles. The number of nitrogens with zero attached hydrogens (tertiary/aromatic N) is 3. The number of benzene rings is 1. The summed E-state index contributed by atoms with van der Waals surface area (Å²) in [5.74, 6) is 1.12. The molecule has 5 aliphatic rings. The quantitative estimate of drug-likeness (QED) is 0.784. The SMILES string of the molecule is O=C(N1CCOCC1)N1C[C@H](c2ccccc2)[C@H]2[C@@H]1C1CCN2CC1. The third-order valence-electron chi connectivity index (χ3n) is 6.75. The molecule has 0 aliphatic carbocycles. The monoisotopic (exact) mass is 341 g/mol. The van der Waals surface area contributed by atoms with Crippen LogP contribution < -0.4 is 0 Å². The topological polar surface area (TPSA) is 36.0 Å². The minimum atomic E-state index is 0.241. The predicted octanol–water partition coefficient (Wildman–Crippen LogP) is 2.00. The Labute approximate surface area is 149 Å². The predicted molar refractivity (Wildman–Crippen MR) is 95.6 cm³/mol. The Morgan fingerprint density at radius 3 is 2.40 bits per heavy atom. The van der Waals surface area contributed by atoms with Crippen LogP contribution in [0.5, 0.6) is 0 Å². The summed E-state index contributed by atoms with van der Waals surface area (Å²) in [5.41, 5.74) is 1.39.